The Morgan fingerprint density at radius 1 is 1.14 bits per heavy atom. The van der Waals surface area contributed by atoms with E-state index in [4.69, 9.17) is 11.6 Å². The monoisotopic (exact) mass is 302 g/mol. The highest BCUT2D eigenvalue weighted by Crippen LogP contribution is 2.20. The number of halogens is 1. The van der Waals surface area contributed by atoms with Gasteiger partial charge in [-0.3, -0.25) is 4.79 Å². The first kappa shape index (κ1) is 15.4. The van der Waals surface area contributed by atoms with Gasteiger partial charge in [-0.15, -0.1) is 0 Å². The number of nitrogens with one attached hydrogen (secondary N) is 2. The number of rotatable bonds is 6. The smallest absolute Gasteiger partial charge is 0.253 e. The maximum absolute atomic E-state index is 12.2. The van der Waals surface area contributed by atoms with Crippen molar-refractivity contribution in [1.82, 2.24) is 5.32 Å². The van der Waals surface area contributed by atoms with Gasteiger partial charge in [0.1, 0.15) is 0 Å². The standard InChI is InChI=1S/C17H19ClN2O/c1-19-16-10-9-14(18)12-15(16)17(21)20-11-5-8-13-6-3-2-4-7-13/h2-4,6-7,9-10,12,19H,5,8,11H2,1H3,(H,20,21). The van der Waals surface area contributed by atoms with Gasteiger partial charge in [0.25, 0.3) is 5.91 Å². The number of anilines is 1. The molecule has 0 fully saturated rings. The van der Waals surface area contributed by atoms with Gasteiger partial charge in [-0.25, -0.2) is 0 Å². The van der Waals surface area contributed by atoms with Gasteiger partial charge in [0.15, 0.2) is 0 Å². The molecule has 0 aliphatic rings. The fourth-order valence-corrected chi connectivity index (χ4v) is 2.33. The molecule has 3 nitrogen and oxygen atoms in total. The lowest BCUT2D eigenvalue weighted by atomic mass is 10.1. The third-order valence-corrected chi connectivity index (χ3v) is 3.50. The Hall–Kier alpha value is -2.00. The van der Waals surface area contributed by atoms with Gasteiger partial charge in [-0.2, -0.15) is 0 Å². The summed E-state index contributed by atoms with van der Waals surface area (Å²) >= 11 is 5.95. The van der Waals surface area contributed by atoms with Crippen LogP contribution in [0.1, 0.15) is 22.3 Å². The van der Waals surface area contributed by atoms with E-state index in [9.17, 15) is 4.79 Å². The highest BCUT2D eigenvalue weighted by molar-refractivity contribution is 6.31. The second-order valence-electron chi connectivity index (χ2n) is 4.78. The Labute approximate surface area is 130 Å². The maximum Gasteiger partial charge on any atom is 0.253 e. The Morgan fingerprint density at radius 2 is 1.90 bits per heavy atom. The van der Waals surface area contributed by atoms with Gasteiger partial charge in [-0.05, 0) is 36.6 Å². The minimum absolute atomic E-state index is 0.102. The molecule has 2 rings (SSSR count). The summed E-state index contributed by atoms with van der Waals surface area (Å²) in [4.78, 5) is 12.2. The van der Waals surface area contributed by atoms with Crippen LogP contribution in [0.2, 0.25) is 5.02 Å². The molecule has 0 bridgehead atoms. The van der Waals surface area contributed by atoms with Crippen molar-refractivity contribution in [3.8, 4) is 0 Å². The van der Waals surface area contributed by atoms with Crippen LogP contribution in [0.3, 0.4) is 0 Å². The summed E-state index contributed by atoms with van der Waals surface area (Å²) in [5, 5.41) is 6.49. The summed E-state index contributed by atoms with van der Waals surface area (Å²) in [6, 6.07) is 15.5. The predicted molar refractivity (Wildman–Crippen MR) is 88.1 cm³/mol. The SMILES string of the molecule is CNc1ccc(Cl)cc1C(=O)NCCCc1ccccc1. The zero-order valence-corrected chi connectivity index (χ0v) is 12.8. The largest absolute Gasteiger partial charge is 0.387 e. The molecule has 4 heteroatoms. The van der Waals surface area contributed by atoms with Crippen LogP contribution in [-0.4, -0.2) is 19.5 Å². The fraction of sp³-hybridized carbons (Fsp3) is 0.235. The molecular formula is C17H19ClN2O. The zero-order valence-electron chi connectivity index (χ0n) is 12.0. The molecule has 0 radical (unpaired) electrons. The van der Waals surface area contributed by atoms with Gasteiger partial charge >= 0.3 is 0 Å². The average molecular weight is 303 g/mol. The summed E-state index contributed by atoms with van der Waals surface area (Å²) < 4.78 is 0. The fourth-order valence-electron chi connectivity index (χ4n) is 2.16. The summed E-state index contributed by atoms with van der Waals surface area (Å²) in [7, 11) is 1.79. The first-order valence-electron chi connectivity index (χ1n) is 7.00. The van der Waals surface area contributed by atoms with Crippen LogP contribution in [0, 0.1) is 0 Å². The maximum atomic E-state index is 12.2. The van der Waals surface area contributed by atoms with Crippen LogP contribution < -0.4 is 10.6 Å². The van der Waals surface area contributed by atoms with Crippen molar-refractivity contribution in [2.45, 2.75) is 12.8 Å². The Kier molecular flexibility index (Phi) is 5.64. The van der Waals surface area contributed by atoms with E-state index in [-0.39, 0.29) is 5.91 Å². The first-order valence-corrected chi connectivity index (χ1v) is 7.38. The number of carbonyl (C=O) groups excluding carboxylic acids is 1. The van der Waals surface area contributed by atoms with Crippen molar-refractivity contribution in [2.24, 2.45) is 0 Å². The third kappa shape index (κ3) is 4.50. The molecule has 2 N–H and O–H groups in total. The molecule has 0 heterocycles. The minimum atomic E-state index is -0.102. The summed E-state index contributed by atoms with van der Waals surface area (Å²) in [5.74, 6) is -0.102. The molecule has 0 aromatic heterocycles. The van der Waals surface area contributed by atoms with Crippen LogP contribution in [0.15, 0.2) is 48.5 Å². The summed E-state index contributed by atoms with van der Waals surface area (Å²) in [5.41, 5.74) is 2.63. The van der Waals surface area contributed by atoms with Gasteiger partial charge in [0.05, 0.1) is 5.56 Å². The number of hydrogen-bond acceptors (Lipinski definition) is 2. The quantitative estimate of drug-likeness (QED) is 0.798. The van der Waals surface area contributed by atoms with E-state index < -0.39 is 0 Å². The van der Waals surface area contributed by atoms with E-state index in [2.05, 4.69) is 22.8 Å². The normalized spacial score (nSPS) is 10.2. The molecular weight excluding hydrogens is 284 g/mol. The molecule has 0 unspecified atom stereocenters. The van der Waals surface area contributed by atoms with Crippen molar-refractivity contribution in [3.63, 3.8) is 0 Å². The van der Waals surface area contributed by atoms with E-state index >= 15 is 0 Å². The second kappa shape index (κ2) is 7.70. The highest BCUT2D eigenvalue weighted by atomic mass is 35.5. The Bertz CT molecular complexity index is 599. The minimum Gasteiger partial charge on any atom is -0.387 e. The second-order valence-corrected chi connectivity index (χ2v) is 5.22. The summed E-state index contributed by atoms with van der Waals surface area (Å²) in [6.45, 7) is 0.642. The lowest BCUT2D eigenvalue weighted by molar-refractivity contribution is 0.0954. The number of amides is 1. The van der Waals surface area contributed by atoms with Crippen LogP contribution >= 0.6 is 11.6 Å². The van der Waals surface area contributed by atoms with E-state index in [0.717, 1.165) is 18.5 Å². The lowest BCUT2D eigenvalue weighted by Gasteiger charge is -2.10. The molecule has 2 aromatic rings. The van der Waals surface area contributed by atoms with Crippen LogP contribution in [0.4, 0.5) is 5.69 Å². The number of aryl methyl sites for hydroxylation is 1. The Morgan fingerprint density at radius 3 is 2.62 bits per heavy atom. The van der Waals surface area contributed by atoms with E-state index in [1.165, 1.54) is 5.56 Å². The molecule has 0 saturated heterocycles. The molecule has 0 aliphatic heterocycles. The number of benzene rings is 2. The van der Waals surface area contributed by atoms with E-state index in [0.29, 0.717) is 17.1 Å². The molecule has 0 spiro atoms. The third-order valence-electron chi connectivity index (χ3n) is 3.27. The molecule has 0 aliphatic carbocycles. The molecule has 110 valence electrons. The van der Waals surface area contributed by atoms with E-state index in [1.54, 1.807) is 25.2 Å². The van der Waals surface area contributed by atoms with Crippen molar-refractivity contribution in [3.05, 3.63) is 64.7 Å². The molecule has 21 heavy (non-hydrogen) atoms. The van der Waals surface area contributed by atoms with Gasteiger partial charge in [0, 0.05) is 24.3 Å². The van der Waals surface area contributed by atoms with Gasteiger partial charge in [-0.1, -0.05) is 41.9 Å². The Balaban J connectivity index is 1.86. The highest BCUT2D eigenvalue weighted by Gasteiger charge is 2.10. The van der Waals surface area contributed by atoms with Gasteiger partial charge in [0.2, 0.25) is 0 Å². The molecule has 0 saturated carbocycles. The van der Waals surface area contributed by atoms with E-state index in [1.807, 2.05) is 18.2 Å². The number of hydrogen-bond donors (Lipinski definition) is 2. The molecule has 1 amide bonds. The van der Waals surface area contributed by atoms with Crippen molar-refractivity contribution >= 4 is 23.2 Å². The first-order chi connectivity index (χ1) is 10.2. The van der Waals surface area contributed by atoms with Crippen molar-refractivity contribution < 1.29 is 4.79 Å². The lowest BCUT2D eigenvalue weighted by Crippen LogP contribution is -2.25. The topological polar surface area (TPSA) is 41.1 Å². The van der Waals surface area contributed by atoms with Gasteiger partial charge < -0.3 is 10.6 Å². The summed E-state index contributed by atoms with van der Waals surface area (Å²) in [6.07, 6.45) is 1.86. The van der Waals surface area contributed by atoms with Crippen molar-refractivity contribution in [1.29, 1.82) is 0 Å². The van der Waals surface area contributed by atoms with Crippen LogP contribution in [0.25, 0.3) is 0 Å². The average Bonchev–Trinajstić information content (AvgIpc) is 2.52. The number of carbonyl (C=O) groups is 1. The zero-order chi connectivity index (χ0) is 15.1. The van der Waals surface area contributed by atoms with Crippen LogP contribution in [0.5, 0.6) is 0 Å². The van der Waals surface area contributed by atoms with Crippen LogP contribution in [-0.2, 0) is 6.42 Å². The van der Waals surface area contributed by atoms with Crippen molar-refractivity contribution in [2.75, 3.05) is 18.9 Å². The molecule has 0 atom stereocenters. The predicted octanol–water partition coefficient (Wildman–Crippen LogP) is 3.74. The molecule has 2 aromatic carbocycles.